The molecular formula is C20H29ClN2O3. The van der Waals surface area contributed by atoms with Crippen molar-refractivity contribution in [2.75, 3.05) is 6.61 Å². The number of benzene rings is 1. The molecule has 0 aromatic heterocycles. The molecule has 0 spiro atoms. The van der Waals surface area contributed by atoms with Gasteiger partial charge in [0.2, 0.25) is 5.91 Å². The number of hydrogen-bond acceptors (Lipinski definition) is 3. The summed E-state index contributed by atoms with van der Waals surface area (Å²) < 4.78 is 5.62. The molecule has 3 atom stereocenters. The van der Waals surface area contributed by atoms with Crippen LogP contribution in [0.25, 0.3) is 0 Å². The van der Waals surface area contributed by atoms with E-state index in [0.717, 1.165) is 32.3 Å². The first kappa shape index (κ1) is 20.7. The van der Waals surface area contributed by atoms with Gasteiger partial charge in [0, 0.05) is 23.2 Å². The van der Waals surface area contributed by atoms with Crippen molar-refractivity contribution in [1.82, 2.24) is 10.6 Å². The summed E-state index contributed by atoms with van der Waals surface area (Å²) in [5, 5.41) is 6.43. The summed E-state index contributed by atoms with van der Waals surface area (Å²) >= 11 is 5.85. The summed E-state index contributed by atoms with van der Waals surface area (Å²) in [7, 11) is 0. The molecule has 0 bridgehead atoms. The van der Waals surface area contributed by atoms with E-state index >= 15 is 0 Å². The molecule has 2 rings (SSSR count). The lowest BCUT2D eigenvalue weighted by molar-refractivity contribution is -0.124. The molecule has 1 aliphatic rings. The molecular weight excluding hydrogens is 352 g/mol. The highest BCUT2D eigenvalue weighted by Crippen LogP contribution is 2.18. The fourth-order valence-corrected chi connectivity index (χ4v) is 3.20. The lowest BCUT2D eigenvalue weighted by Gasteiger charge is -2.24. The second kappa shape index (κ2) is 9.93. The maximum Gasteiger partial charge on any atom is 0.251 e. The molecule has 0 aliphatic carbocycles. The fourth-order valence-electron chi connectivity index (χ4n) is 3.07. The van der Waals surface area contributed by atoms with Crippen LogP contribution in [0.15, 0.2) is 24.3 Å². The molecule has 1 aromatic rings. The van der Waals surface area contributed by atoms with E-state index in [4.69, 9.17) is 16.3 Å². The zero-order valence-electron chi connectivity index (χ0n) is 15.8. The van der Waals surface area contributed by atoms with Crippen LogP contribution in [0.2, 0.25) is 5.02 Å². The van der Waals surface area contributed by atoms with E-state index < -0.39 is 6.04 Å². The van der Waals surface area contributed by atoms with Crippen molar-refractivity contribution in [3.05, 3.63) is 34.9 Å². The third-order valence-electron chi connectivity index (χ3n) is 4.68. The maximum atomic E-state index is 12.6. The highest BCUT2D eigenvalue weighted by atomic mass is 35.5. The molecule has 144 valence electrons. The van der Waals surface area contributed by atoms with Gasteiger partial charge >= 0.3 is 0 Å². The van der Waals surface area contributed by atoms with Crippen LogP contribution in [0.4, 0.5) is 0 Å². The molecule has 1 aliphatic heterocycles. The van der Waals surface area contributed by atoms with Gasteiger partial charge in [-0.1, -0.05) is 25.4 Å². The smallest absolute Gasteiger partial charge is 0.251 e. The molecule has 1 heterocycles. The molecule has 0 radical (unpaired) electrons. The van der Waals surface area contributed by atoms with Crippen molar-refractivity contribution in [2.24, 2.45) is 5.92 Å². The second-order valence-electron chi connectivity index (χ2n) is 7.32. The first-order valence-electron chi connectivity index (χ1n) is 9.35. The van der Waals surface area contributed by atoms with Crippen LogP contribution in [-0.4, -0.2) is 36.6 Å². The van der Waals surface area contributed by atoms with Crippen molar-refractivity contribution in [1.29, 1.82) is 0 Å². The standard InChI is InChI=1S/C20H29ClN2O3/c1-13(2)18(23-19(24)15-7-9-16(21)10-8-15)20(25)22-14(3)6-11-17-5-4-12-26-17/h7-10,13-14,17-18H,4-6,11-12H2,1-3H3,(H,22,25)(H,23,24). The summed E-state index contributed by atoms with van der Waals surface area (Å²) in [5.41, 5.74) is 0.485. The number of nitrogens with one attached hydrogen (secondary N) is 2. The van der Waals surface area contributed by atoms with E-state index in [9.17, 15) is 9.59 Å². The normalized spacial score (nSPS) is 19.2. The SMILES string of the molecule is CC(CCC1CCCO1)NC(=O)C(NC(=O)c1ccc(Cl)cc1)C(C)C. The third-order valence-corrected chi connectivity index (χ3v) is 4.93. The maximum absolute atomic E-state index is 12.6. The first-order chi connectivity index (χ1) is 12.4. The molecule has 5 nitrogen and oxygen atoms in total. The average molecular weight is 381 g/mol. The third kappa shape index (κ3) is 6.29. The monoisotopic (exact) mass is 380 g/mol. The van der Waals surface area contributed by atoms with Gasteiger partial charge in [0.25, 0.3) is 5.91 Å². The Morgan fingerprint density at radius 2 is 1.88 bits per heavy atom. The number of halogens is 1. The van der Waals surface area contributed by atoms with Crippen molar-refractivity contribution in [3.8, 4) is 0 Å². The van der Waals surface area contributed by atoms with E-state index in [0.29, 0.717) is 16.7 Å². The largest absolute Gasteiger partial charge is 0.378 e. The molecule has 26 heavy (non-hydrogen) atoms. The molecule has 2 amide bonds. The van der Waals surface area contributed by atoms with E-state index in [2.05, 4.69) is 10.6 Å². The highest BCUT2D eigenvalue weighted by molar-refractivity contribution is 6.30. The van der Waals surface area contributed by atoms with Gasteiger partial charge in [-0.25, -0.2) is 0 Å². The van der Waals surface area contributed by atoms with Crippen molar-refractivity contribution in [3.63, 3.8) is 0 Å². The van der Waals surface area contributed by atoms with E-state index in [-0.39, 0.29) is 23.8 Å². The zero-order valence-corrected chi connectivity index (χ0v) is 16.5. The highest BCUT2D eigenvalue weighted by Gasteiger charge is 2.26. The Balaban J connectivity index is 1.87. The predicted octanol–water partition coefficient (Wildman–Crippen LogP) is 3.56. The van der Waals surface area contributed by atoms with Gasteiger partial charge in [-0.3, -0.25) is 9.59 Å². The molecule has 1 saturated heterocycles. The molecule has 1 aromatic carbocycles. The lowest BCUT2D eigenvalue weighted by Crippen LogP contribution is -2.51. The van der Waals surface area contributed by atoms with Crippen LogP contribution >= 0.6 is 11.6 Å². The fraction of sp³-hybridized carbons (Fsp3) is 0.600. The van der Waals surface area contributed by atoms with Gasteiger partial charge in [0.1, 0.15) is 6.04 Å². The van der Waals surface area contributed by atoms with Crippen LogP contribution in [0.1, 0.15) is 56.8 Å². The number of hydrogen-bond donors (Lipinski definition) is 2. The van der Waals surface area contributed by atoms with E-state index in [1.165, 1.54) is 0 Å². The Morgan fingerprint density at radius 1 is 1.19 bits per heavy atom. The second-order valence-corrected chi connectivity index (χ2v) is 7.76. The Kier molecular flexibility index (Phi) is 7.91. The lowest BCUT2D eigenvalue weighted by atomic mass is 10.0. The van der Waals surface area contributed by atoms with Crippen LogP contribution in [0, 0.1) is 5.92 Å². The summed E-state index contributed by atoms with van der Waals surface area (Å²) in [4.78, 5) is 25.0. The molecule has 0 saturated carbocycles. The molecule has 6 heteroatoms. The van der Waals surface area contributed by atoms with Gasteiger partial charge in [-0.05, 0) is 62.8 Å². The summed E-state index contributed by atoms with van der Waals surface area (Å²) in [6.45, 7) is 6.68. The van der Waals surface area contributed by atoms with E-state index in [1.807, 2.05) is 20.8 Å². The Hall–Kier alpha value is -1.59. The molecule has 1 fully saturated rings. The number of ether oxygens (including phenoxy) is 1. The molecule has 2 N–H and O–H groups in total. The van der Waals surface area contributed by atoms with Crippen molar-refractivity contribution in [2.45, 2.75) is 64.6 Å². The van der Waals surface area contributed by atoms with Gasteiger partial charge in [-0.2, -0.15) is 0 Å². The minimum atomic E-state index is -0.580. The minimum Gasteiger partial charge on any atom is -0.378 e. The number of carbonyl (C=O) groups is 2. The number of amides is 2. The average Bonchev–Trinajstić information content (AvgIpc) is 3.11. The van der Waals surface area contributed by atoms with E-state index in [1.54, 1.807) is 24.3 Å². The summed E-state index contributed by atoms with van der Waals surface area (Å²) in [5.74, 6) is -0.443. The van der Waals surface area contributed by atoms with Gasteiger partial charge < -0.3 is 15.4 Å². The van der Waals surface area contributed by atoms with Gasteiger partial charge in [0.05, 0.1) is 6.10 Å². The van der Waals surface area contributed by atoms with Crippen LogP contribution in [0.3, 0.4) is 0 Å². The summed E-state index contributed by atoms with van der Waals surface area (Å²) in [6.07, 6.45) is 4.36. The Morgan fingerprint density at radius 3 is 2.46 bits per heavy atom. The minimum absolute atomic E-state index is 0.0170. The summed E-state index contributed by atoms with van der Waals surface area (Å²) in [6, 6.07) is 6.08. The van der Waals surface area contributed by atoms with Crippen molar-refractivity contribution >= 4 is 23.4 Å². The van der Waals surface area contributed by atoms with Crippen LogP contribution in [0.5, 0.6) is 0 Å². The molecule has 3 unspecified atom stereocenters. The van der Waals surface area contributed by atoms with Crippen LogP contribution in [-0.2, 0) is 9.53 Å². The van der Waals surface area contributed by atoms with Crippen molar-refractivity contribution < 1.29 is 14.3 Å². The zero-order chi connectivity index (χ0) is 19.1. The Bertz CT molecular complexity index is 598. The first-order valence-corrected chi connectivity index (χ1v) is 9.73. The predicted molar refractivity (Wildman–Crippen MR) is 103 cm³/mol. The number of rotatable bonds is 8. The topological polar surface area (TPSA) is 67.4 Å². The quantitative estimate of drug-likeness (QED) is 0.724. The Labute approximate surface area is 160 Å². The van der Waals surface area contributed by atoms with Gasteiger partial charge in [0.15, 0.2) is 0 Å². The number of carbonyl (C=O) groups excluding carboxylic acids is 2. The van der Waals surface area contributed by atoms with Crippen LogP contribution < -0.4 is 10.6 Å². The van der Waals surface area contributed by atoms with Gasteiger partial charge in [-0.15, -0.1) is 0 Å².